The highest BCUT2D eigenvalue weighted by Gasteiger charge is 2.39. The van der Waals surface area contributed by atoms with Crippen LogP contribution < -0.4 is 5.32 Å². The zero-order valence-electron chi connectivity index (χ0n) is 15.9. The van der Waals surface area contributed by atoms with Gasteiger partial charge in [-0.25, -0.2) is 4.79 Å². The number of rotatable bonds is 5. The Hall–Kier alpha value is -1.05. The fourth-order valence-electron chi connectivity index (χ4n) is 3.20. The lowest BCUT2D eigenvalue weighted by Gasteiger charge is -2.34. The number of amides is 1. The van der Waals surface area contributed by atoms with E-state index < -0.39 is 6.09 Å². The molecule has 6 nitrogen and oxygen atoms in total. The van der Waals surface area contributed by atoms with Gasteiger partial charge < -0.3 is 25.2 Å². The topological polar surface area (TPSA) is 82.0 Å². The molecule has 0 aliphatic carbocycles. The third-order valence-corrected chi connectivity index (χ3v) is 5.52. The molecule has 3 atom stereocenters. The third-order valence-electron chi connectivity index (χ3n) is 4.78. The molecular formula is C19H28Cl2N2O4. The van der Waals surface area contributed by atoms with Gasteiger partial charge in [0.05, 0.1) is 35.4 Å². The first-order valence-electron chi connectivity index (χ1n) is 9.03. The van der Waals surface area contributed by atoms with E-state index in [0.29, 0.717) is 36.2 Å². The number of carboxylic acid groups (broad SMARTS) is 1. The van der Waals surface area contributed by atoms with Crippen LogP contribution in [0.3, 0.4) is 0 Å². The Bertz CT molecular complexity index is 651. The first-order chi connectivity index (χ1) is 12.6. The van der Waals surface area contributed by atoms with Crippen molar-refractivity contribution in [3.8, 4) is 0 Å². The summed E-state index contributed by atoms with van der Waals surface area (Å²) in [7, 11) is 0. The zero-order valence-corrected chi connectivity index (χ0v) is 17.4. The summed E-state index contributed by atoms with van der Waals surface area (Å²) >= 11 is 12.3. The van der Waals surface area contributed by atoms with Crippen LogP contribution in [0, 0.1) is 11.3 Å². The van der Waals surface area contributed by atoms with Gasteiger partial charge in [-0.1, -0.05) is 50.0 Å². The number of aliphatic hydroxyl groups is 1. The van der Waals surface area contributed by atoms with Crippen molar-refractivity contribution in [2.75, 3.05) is 32.8 Å². The smallest absolute Gasteiger partial charge is 0.407 e. The SMILES string of the molecule is CC(C)(C)C1CN(C(=O)O)C[C@@H](CNCCO)[C@H](c2ccc(Cl)c(Cl)c2)O1. The van der Waals surface area contributed by atoms with Crippen LogP contribution in [0.2, 0.25) is 10.0 Å². The highest BCUT2D eigenvalue weighted by molar-refractivity contribution is 6.42. The fraction of sp³-hybridized carbons (Fsp3) is 0.632. The molecule has 0 bridgehead atoms. The van der Waals surface area contributed by atoms with E-state index in [1.807, 2.05) is 26.8 Å². The summed E-state index contributed by atoms with van der Waals surface area (Å²) in [6.45, 7) is 7.68. The minimum Gasteiger partial charge on any atom is -0.465 e. The molecule has 1 amide bonds. The van der Waals surface area contributed by atoms with Crippen LogP contribution in [0.15, 0.2) is 18.2 Å². The summed E-state index contributed by atoms with van der Waals surface area (Å²) in [5.41, 5.74) is 0.622. The third kappa shape index (κ3) is 5.96. The Balaban J connectivity index is 2.40. The average molecular weight is 419 g/mol. The summed E-state index contributed by atoms with van der Waals surface area (Å²) in [4.78, 5) is 13.2. The molecule has 8 heteroatoms. The van der Waals surface area contributed by atoms with E-state index in [-0.39, 0.29) is 30.1 Å². The van der Waals surface area contributed by atoms with Gasteiger partial charge >= 0.3 is 6.09 Å². The fourth-order valence-corrected chi connectivity index (χ4v) is 3.50. The van der Waals surface area contributed by atoms with Crippen LogP contribution in [-0.4, -0.2) is 60.1 Å². The van der Waals surface area contributed by atoms with Crippen LogP contribution in [0.5, 0.6) is 0 Å². The van der Waals surface area contributed by atoms with Gasteiger partial charge in [0.1, 0.15) is 0 Å². The Morgan fingerprint density at radius 2 is 2.00 bits per heavy atom. The van der Waals surface area contributed by atoms with Crippen molar-refractivity contribution in [1.29, 1.82) is 0 Å². The van der Waals surface area contributed by atoms with Gasteiger partial charge in [0.25, 0.3) is 0 Å². The van der Waals surface area contributed by atoms with E-state index >= 15 is 0 Å². The first-order valence-corrected chi connectivity index (χ1v) is 9.79. The Morgan fingerprint density at radius 3 is 2.56 bits per heavy atom. The van der Waals surface area contributed by atoms with E-state index in [0.717, 1.165) is 5.56 Å². The Labute approximate surface area is 170 Å². The van der Waals surface area contributed by atoms with Crippen LogP contribution in [0.25, 0.3) is 0 Å². The lowest BCUT2D eigenvalue weighted by molar-refractivity contribution is -0.0766. The number of benzene rings is 1. The first kappa shape index (κ1) is 22.2. The average Bonchev–Trinajstić information content (AvgIpc) is 2.78. The summed E-state index contributed by atoms with van der Waals surface area (Å²) in [5.74, 6) is -0.141. The molecule has 0 aromatic heterocycles. The second kappa shape index (κ2) is 9.43. The summed E-state index contributed by atoms with van der Waals surface area (Å²) in [6, 6.07) is 5.38. The zero-order chi connectivity index (χ0) is 20.2. The molecule has 1 aliphatic rings. The number of hydrogen-bond donors (Lipinski definition) is 3. The van der Waals surface area contributed by atoms with Crippen molar-refractivity contribution in [2.45, 2.75) is 33.0 Å². The molecular weight excluding hydrogens is 391 g/mol. The number of aliphatic hydroxyl groups excluding tert-OH is 1. The van der Waals surface area contributed by atoms with Gasteiger partial charge in [0.15, 0.2) is 0 Å². The molecule has 0 radical (unpaired) electrons. The number of halogens is 2. The molecule has 3 N–H and O–H groups in total. The van der Waals surface area contributed by atoms with Crippen LogP contribution in [0.4, 0.5) is 4.79 Å². The minimum atomic E-state index is -0.963. The van der Waals surface area contributed by atoms with Crippen LogP contribution in [0.1, 0.15) is 32.4 Å². The van der Waals surface area contributed by atoms with E-state index in [2.05, 4.69) is 5.32 Å². The number of nitrogens with zero attached hydrogens (tertiary/aromatic N) is 1. The number of hydrogen-bond acceptors (Lipinski definition) is 4. The van der Waals surface area contributed by atoms with Crippen molar-refractivity contribution in [3.63, 3.8) is 0 Å². The highest BCUT2D eigenvalue weighted by atomic mass is 35.5. The molecule has 1 unspecified atom stereocenters. The molecule has 152 valence electrons. The van der Waals surface area contributed by atoms with Crippen molar-refractivity contribution in [1.82, 2.24) is 10.2 Å². The van der Waals surface area contributed by atoms with Crippen LogP contribution in [-0.2, 0) is 4.74 Å². The molecule has 2 rings (SSSR count). The minimum absolute atomic E-state index is 0.0122. The summed E-state index contributed by atoms with van der Waals surface area (Å²) in [5, 5.41) is 22.8. The largest absolute Gasteiger partial charge is 0.465 e. The van der Waals surface area contributed by atoms with E-state index in [4.69, 9.17) is 33.0 Å². The predicted molar refractivity (Wildman–Crippen MR) is 107 cm³/mol. The molecule has 1 aromatic rings. The summed E-state index contributed by atoms with van der Waals surface area (Å²) in [6.07, 6.45) is -1.59. The standard InChI is InChI=1S/C19H28Cl2N2O4/c1-19(2,3)16-11-23(18(25)26)10-13(9-22-6-7-24)17(27-16)12-4-5-14(20)15(21)8-12/h4-5,8,13,16-17,22,24H,6-7,9-11H2,1-3H3,(H,25,26)/t13-,16?,17+/m1/s1. The van der Waals surface area contributed by atoms with Crippen molar-refractivity contribution in [2.24, 2.45) is 11.3 Å². The molecule has 1 saturated heterocycles. The maximum absolute atomic E-state index is 11.8. The maximum atomic E-state index is 11.8. The lowest BCUT2D eigenvalue weighted by Crippen LogP contribution is -2.42. The lowest BCUT2D eigenvalue weighted by atomic mass is 9.88. The van der Waals surface area contributed by atoms with Crippen molar-refractivity contribution < 1.29 is 19.7 Å². The van der Waals surface area contributed by atoms with E-state index in [1.54, 1.807) is 12.1 Å². The molecule has 0 spiro atoms. The van der Waals surface area contributed by atoms with Crippen molar-refractivity contribution >= 4 is 29.3 Å². The van der Waals surface area contributed by atoms with Gasteiger partial charge in [-0.05, 0) is 23.1 Å². The molecule has 1 fully saturated rings. The quantitative estimate of drug-likeness (QED) is 0.635. The van der Waals surface area contributed by atoms with Crippen LogP contribution >= 0.6 is 23.2 Å². The maximum Gasteiger partial charge on any atom is 0.407 e. The second-order valence-electron chi connectivity index (χ2n) is 7.96. The second-order valence-corrected chi connectivity index (χ2v) is 8.77. The number of ether oxygens (including phenoxy) is 1. The normalized spacial score (nSPS) is 23.9. The van der Waals surface area contributed by atoms with Gasteiger partial charge in [0, 0.05) is 25.6 Å². The van der Waals surface area contributed by atoms with Gasteiger partial charge in [-0.3, -0.25) is 0 Å². The van der Waals surface area contributed by atoms with Gasteiger partial charge in [-0.15, -0.1) is 0 Å². The molecule has 1 heterocycles. The van der Waals surface area contributed by atoms with Gasteiger partial charge in [-0.2, -0.15) is 0 Å². The molecule has 1 aliphatic heterocycles. The number of carbonyl (C=O) groups is 1. The molecule has 1 aromatic carbocycles. The molecule has 0 saturated carbocycles. The van der Waals surface area contributed by atoms with Crippen molar-refractivity contribution in [3.05, 3.63) is 33.8 Å². The monoisotopic (exact) mass is 418 g/mol. The Morgan fingerprint density at radius 1 is 1.30 bits per heavy atom. The predicted octanol–water partition coefficient (Wildman–Crippen LogP) is 3.66. The Kier molecular flexibility index (Phi) is 7.77. The highest BCUT2D eigenvalue weighted by Crippen LogP contribution is 2.38. The molecule has 27 heavy (non-hydrogen) atoms. The van der Waals surface area contributed by atoms with E-state index in [1.165, 1.54) is 4.90 Å². The van der Waals surface area contributed by atoms with Gasteiger partial charge in [0.2, 0.25) is 0 Å². The van der Waals surface area contributed by atoms with E-state index in [9.17, 15) is 9.90 Å². The summed E-state index contributed by atoms with van der Waals surface area (Å²) < 4.78 is 6.47. The number of nitrogens with one attached hydrogen (secondary N) is 1.